The van der Waals surface area contributed by atoms with Gasteiger partial charge in [-0.3, -0.25) is 0 Å². The van der Waals surface area contributed by atoms with Crippen LogP contribution in [0.1, 0.15) is 52.9 Å². The van der Waals surface area contributed by atoms with Crippen LogP contribution in [0.4, 0.5) is 0 Å². The number of rotatable bonds is 1. The SMILES string of the molecule is C.CCC1CC2C3CCC(C3)C2C1. The molecule has 0 radical (unpaired) electrons. The van der Waals surface area contributed by atoms with Gasteiger partial charge in [0, 0.05) is 0 Å². The average molecular weight is 180 g/mol. The van der Waals surface area contributed by atoms with E-state index in [-0.39, 0.29) is 7.43 Å². The highest BCUT2D eigenvalue weighted by atomic mass is 14.6. The maximum absolute atomic E-state index is 2.38. The molecular weight excluding hydrogens is 156 g/mol. The molecule has 0 aromatic carbocycles. The molecule has 0 nitrogen and oxygen atoms in total. The van der Waals surface area contributed by atoms with Gasteiger partial charge < -0.3 is 0 Å². The Labute approximate surface area is 83.1 Å². The van der Waals surface area contributed by atoms with Crippen molar-refractivity contribution in [1.29, 1.82) is 0 Å². The lowest BCUT2D eigenvalue weighted by molar-refractivity contribution is 0.259. The molecule has 0 aliphatic heterocycles. The summed E-state index contributed by atoms with van der Waals surface area (Å²) in [7, 11) is 0. The molecular formula is C13H24. The molecule has 0 N–H and O–H groups in total. The van der Waals surface area contributed by atoms with Crippen LogP contribution >= 0.6 is 0 Å². The maximum atomic E-state index is 2.38. The molecule has 3 rings (SSSR count). The quantitative estimate of drug-likeness (QED) is 0.570. The molecule has 2 bridgehead atoms. The zero-order valence-corrected chi connectivity index (χ0v) is 8.13. The van der Waals surface area contributed by atoms with Crippen LogP contribution in [0.25, 0.3) is 0 Å². The van der Waals surface area contributed by atoms with E-state index in [0.717, 1.165) is 5.92 Å². The van der Waals surface area contributed by atoms with E-state index in [0.29, 0.717) is 0 Å². The smallest absolute Gasteiger partial charge is 0.0352 e. The summed E-state index contributed by atoms with van der Waals surface area (Å²) in [5.41, 5.74) is 0. The van der Waals surface area contributed by atoms with Gasteiger partial charge >= 0.3 is 0 Å². The van der Waals surface area contributed by atoms with Crippen molar-refractivity contribution < 1.29 is 0 Å². The van der Waals surface area contributed by atoms with E-state index in [2.05, 4.69) is 6.92 Å². The Morgan fingerprint density at radius 2 is 1.46 bits per heavy atom. The van der Waals surface area contributed by atoms with Gasteiger partial charge in [0.2, 0.25) is 0 Å². The van der Waals surface area contributed by atoms with E-state index in [1.54, 1.807) is 32.1 Å². The zero-order valence-electron chi connectivity index (χ0n) is 8.13. The summed E-state index contributed by atoms with van der Waals surface area (Å²) in [6.45, 7) is 2.38. The highest BCUT2D eigenvalue weighted by Crippen LogP contribution is 2.60. The predicted octanol–water partition coefficient (Wildman–Crippen LogP) is 4.10. The molecule has 0 aromatic rings. The summed E-state index contributed by atoms with van der Waals surface area (Å²) in [5, 5.41) is 0. The predicted molar refractivity (Wildman–Crippen MR) is 57.6 cm³/mol. The second-order valence-electron chi connectivity index (χ2n) is 5.41. The fourth-order valence-corrected chi connectivity index (χ4v) is 4.46. The summed E-state index contributed by atoms with van der Waals surface area (Å²) < 4.78 is 0. The Bertz CT molecular complexity index is 166. The Balaban J connectivity index is 0.000000653. The van der Waals surface area contributed by atoms with Gasteiger partial charge in [-0.05, 0) is 61.7 Å². The Morgan fingerprint density at radius 1 is 0.923 bits per heavy atom. The van der Waals surface area contributed by atoms with Crippen molar-refractivity contribution in [3.8, 4) is 0 Å². The molecule has 0 spiro atoms. The molecule has 3 fully saturated rings. The summed E-state index contributed by atoms with van der Waals surface area (Å²) >= 11 is 0. The van der Waals surface area contributed by atoms with E-state index < -0.39 is 0 Å². The zero-order chi connectivity index (χ0) is 8.13. The number of fused-ring (bicyclic) bond motifs is 5. The van der Waals surface area contributed by atoms with E-state index in [4.69, 9.17) is 0 Å². The third kappa shape index (κ3) is 1.25. The van der Waals surface area contributed by atoms with Crippen molar-refractivity contribution in [2.75, 3.05) is 0 Å². The number of hydrogen-bond donors (Lipinski definition) is 0. The molecule has 0 amide bonds. The van der Waals surface area contributed by atoms with Crippen LogP contribution in [0.2, 0.25) is 0 Å². The van der Waals surface area contributed by atoms with Crippen LogP contribution in [0.5, 0.6) is 0 Å². The van der Waals surface area contributed by atoms with Crippen LogP contribution in [0, 0.1) is 29.6 Å². The van der Waals surface area contributed by atoms with Gasteiger partial charge in [0.15, 0.2) is 0 Å². The third-order valence-electron chi connectivity index (χ3n) is 5.06. The minimum atomic E-state index is 0. The highest BCUT2D eigenvalue weighted by molar-refractivity contribution is 5.00. The van der Waals surface area contributed by atoms with Gasteiger partial charge in [-0.25, -0.2) is 0 Å². The average Bonchev–Trinajstić information content (AvgIpc) is 2.75. The summed E-state index contributed by atoms with van der Waals surface area (Å²) in [4.78, 5) is 0. The lowest BCUT2D eigenvalue weighted by Gasteiger charge is -2.23. The first-order chi connectivity index (χ1) is 5.88. The van der Waals surface area contributed by atoms with Crippen molar-refractivity contribution in [3.05, 3.63) is 0 Å². The topological polar surface area (TPSA) is 0 Å². The lowest BCUT2D eigenvalue weighted by Crippen LogP contribution is -2.15. The molecule has 0 saturated heterocycles. The first-order valence-corrected chi connectivity index (χ1v) is 5.88. The normalized spacial score (nSPS) is 51.9. The van der Waals surface area contributed by atoms with Gasteiger partial charge in [-0.2, -0.15) is 0 Å². The molecule has 4 unspecified atom stereocenters. The van der Waals surface area contributed by atoms with Crippen molar-refractivity contribution in [2.45, 2.75) is 52.9 Å². The minimum Gasteiger partial charge on any atom is -0.0776 e. The van der Waals surface area contributed by atoms with Gasteiger partial charge in [0.25, 0.3) is 0 Å². The molecule has 0 heteroatoms. The largest absolute Gasteiger partial charge is 0.0776 e. The fourth-order valence-electron chi connectivity index (χ4n) is 4.46. The van der Waals surface area contributed by atoms with Crippen LogP contribution in [-0.4, -0.2) is 0 Å². The van der Waals surface area contributed by atoms with E-state index in [9.17, 15) is 0 Å². The Hall–Kier alpha value is 0. The van der Waals surface area contributed by atoms with Crippen molar-refractivity contribution in [3.63, 3.8) is 0 Å². The lowest BCUT2D eigenvalue weighted by atomic mass is 9.82. The molecule has 0 heterocycles. The minimum absolute atomic E-state index is 0. The van der Waals surface area contributed by atoms with Crippen LogP contribution in [0.3, 0.4) is 0 Å². The summed E-state index contributed by atoms with van der Waals surface area (Å²) in [6, 6.07) is 0. The van der Waals surface area contributed by atoms with Gasteiger partial charge in [-0.15, -0.1) is 0 Å². The van der Waals surface area contributed by atoms with Gasteiger partial charge in [0.05, 0.1) is 0 Å². The van der Waals surface area contributed by atoms with E-state index in [1.807, 2.05) is 0 Å². The molecule has 3 aliphatic rings. The first-order valence-electron chi connectivity index (χ1n) is 5.88. The highest BCUT2D eigenvalue weighted by Gasteiger charge is 2.51. The summed E-state index contributed by atoms with van der Waals surface area (Å²) in [6.07, 6.45) is 9.44. The third-order valence-corrected chi connectivity index (χ3v) is 5.06. The van der Waals surface area contributed by atoms with Crippen molar-refractivity contribution in [2.24, 2.45) is 29.6 Å². The molecule has 3 aliphatic carbocycles. The maximum Gasteiger partial charge on any atom is -0.0352 e. The van der Waals surface area contributed by atoms with Crippen molar-refractivity contribution in [1.82, 2.24) is 0 Å². The van der Waals surface area contributed by atoms with Crippen LogP contribution in [-0.2, 0) is 0 Å². The molecule has 76 valence electrons. The first kappa shape index (κ1) is 9.55. The van der Waals surface area contributed by atoms with Gasteiger partial charge in [-0.1, -0.05) is 20.8 Å². The second-order valence-corrected chi connectivity index (χ2v) is 5.41. The molecule has 0 aromatic heterocycles. The Kier molecular flexibility index (Phi) is 2.42. The molecule has 3 saturated carbocycles. The van der Waals surface area contributed by atoms with Crippen LogP contribution < -0.4 is 0 Å². The number of hydrogen-bond acceptors (Lipinski definition) is 0. The molecule has 13 heavy (non-hydrogen) atoms. The Morgan fingerprint density at radius 3 is 1.92 bits per heavy atom. The van der Waals surface area contributed by atoms with Gasteiger partial charge in [0.1, 0.15) is 0 Å². The summed E-state index contributed by atoms with van der Waals surface area (Å²) in [5.74, 6) is 5.85. The van der Waals surface area contributed by atoms with E-state index in [1.165, 1.54) is 30.1 Å². The fraction of sp³-hybridized carbons (Fsp3) is 1.00. The van der Waals surface area contributed by atoms with Crippen LogP contribution in [0.15, 0.2) is 0 Å². The second kappa shape index (κ2) is 3.29. The van der Waals surface area contributed by atoms with Crippen molar-refractivity contribution >= 4 is 0 Å². The standard InChI is InChI=1S/C12H20.CH4/c1-2-8-5-11-9-3-4-10(7-9)12(11)6-8;/h8-12H,2-7H2,1H3;1H4. The van der Waals surface area contributed by atoms with E-state index >= 15 is 0 Å². The molecule has 4 atom stereocenters. The monoisotopic (exact) mass is 180 g/mol.